The molecule has 2 atom stereocenters. The van der Waals surface area contributed by atoms with Gasteiger partial charge in [-0.05, 0) is 43.7 Å². The lowest BCUT2D eigenvalue weighted by atomic mass is 10.1. The van der Waals surface area contributed by atoms with Crippen molar-refractivity contribution in [3.05, 3.63) is 35.9 Å². The molecule has 1 aromatic rings. The van der Waals surface area contributed by atoms with Gasteiger partial charge >= 0.3 is 0 Å². The van der Waals surface area contributed by atoms with Crippen LogP contribution in [0.25, 0.3) is 0 Å². The van der Waals surface area contributed by atoms with Crippen molar-refractivity contribution in [2.24, 2.45) is 5.92 Å². The molecule has 0 spiro atoms. The van der Waals surface area contributed by atoms with E-state index in [1.165, 1.54) is 5.56 Å². The molecule has 2 unspecified atom stereocenters. The summed E-state index contributed by atoms with van der Waals surface area (Å²) in [5, 5.41) is 12.6. The summed E-state index contributed by atoms with van der Waals surface area (Å²) in [6, 6.07) is 10.3. The van der Waals surface area contributed by atoms with E-state index in [4.69, 9.17) is 0 Å². The molecule has 2 N–H and O–H groups in total. The lowest BCUT2D eigenvalue weighted by Crippen LogP contribution is -2.37. The zero-order valence-corrected chi connectivity index (χ0v) is 13.1. The fourth-order valence-corrected chi connectivity index (χ4v) is 3.34. The molecule has 2 fully saturated rings. The van der Waals surface area contributed by atoms with Crippen LogP contribution in [0, 0.1) is 5.92 Å². The number of aliphatic hydroxyl groups excluding tert-OH is 1. The molecular formula is C18H26N2O2. The highest BCUT2D eigenvalue weighted by Gasteiger charge is 2.43. The van der Waals surface area contributed by atoms with E-state index in [0.717, 1.165) is 51.9 Å². The van der Waals surface area contributed by atoms with Gasteiger partial charge in [0.25, 0.3) is 0 Å². The van der Waals surface area contributed by atoms with Crippen molar-refractivity contribution < 1.29 is 9.90 Å². The van der Waals surface area contributed by atoms with Gasteiger partial charge in [-0.2, -0.15) is 0 Å². The number of carbonyl (C=O) groups is 1. The van der Waals surface area contributed by atoms with Crippen LogP contribution >= 0.6 is 0 Å². The predicted octanol–water partition coefficient (Wildman–Crippen LogP) is 1.75. The Hall–Kier alpha value is -1.39. The molecule has 1 aliphatic carbocycles. The fourth-order valence-electron chi connectivity index (χ4n) is 3.34. The normalized spacial score (nSPS) is 25.9. The van der Waals surface area contributed by atoms with E-state index in [2.05, 4.69) is 22.3 Å². The zero-order valence-electron chi connectivity index (χ0n) is 13.1. The Morgan fingerprint density at radius 3 is 2.68 bits per heavy atom. The molecule has 1 saturated heterocycles. The van der Waals surface area contributed by atoms with Crippen molar-refractivity contribution in [2.45, 2.75) is 37.7 Å². The SMILES string of the molecule is O=C(NCCCN1CCC(O)CC1)C1CC1c1ccccc1. The van der Waals surface area contributed by atoms with Crippen LogP contribution in [0.15, 0.2) is 30.3 Å². The molecule has 120 valence electrons. The minimum Gasteiger partial charge on any atom is -0.393 e. The highest BCUT2D eigenvalue weighted by Crippen LogP contribution is 2.47. The fraction of sp³-hybridized carbons (Fsp3) is 0.611. The first-order chi connectivity index (χ1) is 10.7. The van der Waals surface area contributed by atoms with Gasteiger partial charge in [-0.25, -0.2) is 0 Å². The predicted molar refractivity (Wildman–Crippen MR) is 86.6 cm³/mol. The molecule has 3 rings (SSSR count). The largest absolute Gasteiger partial charge is 0.393 e. The molecule has 1 aliphatic heterocycles. The van der Waals surface area contributed by atoms with Gasteiger partial charge in [-0.1, -0.05) is 30.3 Å². The maximum Gasteiger partial charge on any atom is 0.223 e. The summed E-state index contributed by atoms with van der Waals surface area (Å²) < 4.78 is 0. The number of likely N-dealkylation sites (tertiary alicyclic amines) is 1. The van der Waals surface area contributed by atoms with E-state index in [1.807, 2.05) is 18.2 Å². The van der Waals surface area contributed by atoms with Gasteiger partial charge in [0.15, 0.2) is 0 Å². The topological polar surface area (TPSA) is 52.6 Å². The minimum atomic E-state index is -0.110. The lowest BCUT2D eigenvalue weighted by molar-refractivity contribution is -0.122. The van der Waals surface area contributed by atoms with Gasteiger partial charge < -0.3 is 15.3 Å². The Labute approximate surface area is 132 Å². The van der Waals surface area contributed by atoms with Gasteiger partial charge in [0, 0.05) is 25.6 Å². The van der Waals surface area contributed by atoms with Gasteiger partial charge in [0.05, 0.1) is 6.10 Å². The summed E-state index contributed by atoms with van der Waals surface area (Å²) in [5.41, 5.74) is 1.29. The molecule has 0 radical (unpaired) electrons. The van der Waals surface area contributed by atoms with E-state index in [1.54, 1.807) is 0 Å². The average Bonchev–Trinajstić information content (AvgIpc) is 3.35. The van der Waals surface area contributed by atoms with Crippen molar-refractivity contribution in [2.75, 3.05) is 26.2 Å². The molecule has 1 aromatic carbocycles. The smallest absolute Gasteiger partial charge is 0.223 e. The number of benzene rings is 1. The Morgan fingerprint density at radius 2 is 1.95 bits per heavy atom. The summed E-state index contributed by atoms with van der Waals surface area (Å²) in [6.45, 7) is 3.73. The van der Waals surface area contributed by atoms with Crippen LogP contribution in [-0.2, 0) is 4.79 Å². The van der Waals surface area contributed by atoms with E-state index in [-0.39, 0.29) is 17.9 Å². The zero-order chi connectivity index (χ0) is 15.4. The molecule has 1 heterocycles. The van der Waals surface area contributed by atoms with Gasteiger partial charge in [0.1, 0.15) is 0 Å². The molecule has 1 amide bonds. The molecule has 0 bridgehead atoms. The second-order valence-electron chi connectivity index (χ2n) is 6.58. The first-order valence-electron chi connectivity index (χ1n) is 8.47. The van der Waals surface area contributed by atoms with E-state index < -0.39 is 0 Å². The van der Waals surface area contributed by atoms with Crippen LogP contribution in [-0.4, -0.2) is 48.2 Å². The average molecular weight is 302 g/mol. The van der Waals surface area contributed by atoms with Crippen molar-refractivity contribution >= 4 is 5.91 Å². The van der Waals surface area contributed by atoms with Crippen LogP contribution < -0.4 is 5.32 Å². The summed E-state index contributed by atoms with van der Waals surface area (Å²) in [7, 11) is 0. The van der Waals surface area contributed by atoms with Crippen molar-refractivity contribution in [3.63, 3.8) is 0 Å². The van der Waals surface area contributed by atoms with E-state index in [0.29, 0.717) is 5.92 Å². The summed E-state index contributed by atoms with van der Waals surface area (Å²) >= 11 is 0. The Balaban J connectivity index is 1.31. The molecule has 4 nitrogen and oxygen atoms in total. The number of carbonyl (C=O) groups excluding carboxylic acids is 1. The first kappa shape index (κ1) is 15.5. The number of aliphatic hydroxyl groups is 1. The minimum absolute atomic E-state index is 0.110. The van der Waals surface area contributed by atoms with Crippen LogP contribution in [0.4, 0.5) is 0 Å². The summed E-state index contributed by atoms with van der Waals surface area (Å²) in [4.78, 5) is 14.5. The van der Waals surface area contributed by atoms with Crippen molar-refractivity contribution in [1.82, 2.24) is 10.2 Å². The number of piperidine rings is 1. The Kier molecular flexibility index (Phi) is 5.11. The van der Waals surface area contributed by atoms with Crippen LogP contribution in [0.3, 0.4) is 0 Å². The summed E-state index contributed by atoms with van der Waals surface area (Å²) in [6.07, 6.45) is 3.63. The molecular weight excluding hydrogens is 276 g/mol. The van der Waals surface area contributed by atoms with Gasteiger partial charge in [-0.15, -0.1) is 0 Å². The third-order valence-electron chi connectivity index (χ3n) is 4.86. The highest BCUT2D eigenvalue weighted by molar-refractivity contribution is 5.82. The Morgan fingerprint density at radius 1 is 1.23 bits per heavy atom. The monoisotopic (exact) mass is 302 g/mol. The van der Waals surface area contributed by atoms with Crippen LogP contribution in [0.2, 0.25) is 0 Å². The van der Waals surface area contributed by atoms with Crippen molar-refractivity contribution in [1.29, 1.82) is 0 Å². The maximum absolute atomic E-state index is 12.1. The molecule has 4 heteroatoms. The van der Waals surface area contributed by atoms with Crippen LogP contribution in [0.5, 0.6) is 0 Å². The van der Waals surface area contributed by atoms with Crippen molar-refractivity contribution in [3.8, 4) is 0 Å². The number of nitrogens with one attached hydrogen (secondary N) is 1. The lowest BCUT2D eigenvalue weighted by Gasteiger charge is -2.29. The first-order valence-corrected chi connectivity index (χ1v) is 8.47. The number of nitrogens with zero attached hydrogens (tertiary/aromatic N) is 1. The molecule has 22 heavy (non-hydrogen) atoms. The number of hydrogen-bond donors (Lipinski definition) is 2. The van der Waals surface area contributed by atoms with E-state index in [9.17, 15) is 9.90 Å². The van der Waals surface area contributed by atoms with Crippen LogP contribution in [0.1, 0.15) is 37.2 Å². The van der Waals surface area contributed by atoms with E-state index >= 15 is 0 Å². The highest BCUT2D eigenvalue weighted by atomic mass is 16.3. The third kappa shape index (κ3) is 4.08. The second kappa shape index (κ2) is 7.25. The number of amides is 1. The maximum atomic E-state index is 12.1. The second-order valence-corrected chi connectivity index (χ2v) is 6.58. The summed E-state index contributed by atoms with van der Waals surface area (Å²) in [5.74, 6) is 0.806. The Bertz CT molecular complexity index is 483. The molecule has 2 aliphatic rings. The third-order valence-corrected chi connectivity index (χ3v) is 4.86. The quantitative estimate of drug-likeness (QED) is 0.787. The number of rotatable bonds is 6. The standard InChI is InChI=1S/C18H26N2O2/c21-15-7-11-20(12-8-15)10-4-9-19-18(22)17-13-16(17)14-5-2-1-3-6-14/h1-3,5-6,15-17,21H,4,7-13H2,(H,19,22). The van der Waals surface area contributed by atoms with Gasteiger partial charge in [0.2, 0.25) is 5.91 Å². The van der Waals surface area contributed by atoms with Gasteiger partial charge in [-0.3, -0.25) is 4.79 Å². The molecule has 1 saturated carbocycles. The molecule has 0 aromatic heterocycles. The number of hydrogen-bond acceptors (Lipinski definition) is 3.